The van der Waals surface area contributed by atoms with Crippen LogP contribution in [0, 0.1) is 5.92 Å². The molecule has 1 saturated carbocycles. The number of nitrogen functional groups attached to an aromatic ring is 1. The maximum atomic E-state index is 13.3. The number of anilines is 2. The Bertz CT molecular complexity index is 1260. The Balaban J connectivity index is 1.56. The van der Waals surface area contributed by atoms with E-state index >= 15 is 0 Å². The van der Waals surface area contributed by atoms with Crippen molar-refractivity contribution < 1.29 is 17.7 Å². The average Bonchev–Trinajstić information content (AvgIpc) is 3.43. The second kappa shape index (κ2) is 9.44. The monoisotopic (exact) mass is 490 g/mol. The van der Waals surface area contributed by atoms with Gasteiger partial charge in [0.1, 0.15) is 5.69 Å². The van der Waals surface area contributed by atoms with Crippen LogP contribution in [0.5, 0.6) is 0 Å². The number of aromatic nitrogens is 4. The molecule has 10 nitrogen and oxygen atoms in total. The smallest absolute Gasteiger partial charge is 0.319 e. The van der Waals surface area contributed by atoms with Crippen LogP contribution in [-0.2, 0) is 14.6 Å². The number of rotatable bonds is 7. The molecule has 0 saturated heterocycles. The van der Waals surface area contributed by atoms with Crippen molar-refractivity contribution in [3.8, 4) is 11.5 Å². The summed E-state index contributed by atoms with van der Waals surface area (Å²) in [6.45, 7) is 0. The standard InChI is InChI=1S/C21H23ClN6O4S/c1-33(30,31)17-7-6-13(9-15(17)22)14(8-12-4-2-3-5-12)20(29)26-18-11-24-16(10-25-18)19-27-21(23)32-28-19/h6-7,9-12,14H,2-5,8H2,1H3,(H2,23,27,28)(H,25,26,29)/t14-/m1/s1. The molecule has 0 spiro atoms. The van der Waals surface area contributed by atoms with E-state index in [0.717, 1.165) is 31.9 Å². The van der Waals surface area contributed by atoms with Gasteiger partial charge in [-0.1, -0.05) is 48.5 Å². The molecule has 1 fully saturated rings. The van der Waals surface area contributed by atoms with Crippen molar-refractivity contribution in [2.24, 2.45) is 5.92 Å². The highest BCUT2D eigenvalue weighted by atomic mass is 35.5. The van der Waals surface area contributed by atoms with Crippen LogP contribution in [0.4, 0.5) is 11.8 Å². The third kappa shape index (κ3) is 5.48. The second-order valence-corrected chi connectivity index (χ2v) is 10.5. The zero-order valence-corrected chi connectivity index (χ0v) is 19.4. The molecular weight excluding hydrogens is 468 g/mol. The molecule has 33 heavy (non-hydrogen) atoms. The number of sulfone groups is 1. The number of nitrogens with two attached hydrogens (primary N) is 1. The van der Waals surface area contributed by atoms with E-state index in [0.29, 0.717) is 23.6 Å². The topological polar surface area (TPSA) is 154 Å². The largest absolute Gasteiger partial charge is 0.351 e. The summed E-state index contributed by atoms with van der Waals surface area (Å²) in [6.07, 6.45) is 8.93. The lowest BCUT2D eigenvalue weighted by atomic mass is 9.87. The summed E-state index contributed by atoms with van der Waals surface area (Å²) >= 11 is 6.26. The van der Waals surface area contributed by atoms with E-state index in [1.165, 1.54) is 18.5 Å². The van der Waals surface area contributed by atoms with E-state index in [1.54, 1.807) is 12.1 Å². The molecule has 1 aliphatic carbocycles. The van der Waals surface area contributed by atoms with Crippen LogP contribution in [0.1, 0.15) is 43.6 Å². The van der Waals surface area contributed by atoms with Crippen LogP contribution in [0.3, 0.4) is 0 Å². The predicted molar refractivity (Wildman–Crippen MR) is 122 cm³/mol. The minimum Gasteiger partial charge on any atom is -0.351 e. The zero-order valence-electron chi connectivity index (χ0n) is 17.9. The lowest BCUT2D eigenvalue weighted by Crippen LogP contribution is -2.24. The lowest BCUT2D eigenvalue weighted by molar-refractivity contribution is -0.118. The SMILES string of the molecule is CS(=O)(=O)c1ccc([C@@H](CC2CCCC2)C(=O)Nc2cnc(-c3noc(N)n3)cn2)cc1Cl. The number of hydrogen-bond donors (Lipinski definition) is 2. The van der Waals surface area contributed by atoms with Gasteiger partial charge in [-0.15, -0.1) is 0 Å². The van der Waals surface area contributed by atoms with E-state index in [1.807, 2.05) is 0 Å². The van der Waals surface area contributed by atoms with Gasteiger partial charge in [-0.25, -0.2) is 18.4 Å². The quantitative estimate of drug-likeness (QED) is 0.506. The Labute approximate surface area is 195 Å². The third-order valence-electron chi connectivity index (χ3n) is 5.69. The van der Waals surface area contributed by atoms with Gasteiger partial charge < -0.3 is 15.6 Å². The van der Waals surface area contributed by atoms with Crippen molar-refractivity contribution in [1.29, 1.82) is 0 Å². The van der Waals surface area contributed by atoms with Gasteiger partial charge in [-0.2, -0.15) is 4.98 Å². The Morgan fingerprint density at radius 1 is 1.27 bits per heavy atom. The molecule has 0 radical (unpaired) electrons. The highest BCUT2D eigenvalue weighted by molar-refractivity contribution is 7.90. The number of hydrogen-bond acceptors (Lipinski definition) is 9. The highest BCUT2D eigenvalue weighted by Gasteiger charge is 2.28. The minimum atomic E-state index is -3.47. The maximum absolute atomic E-state index is 13.3. The van der Waals surface area contributed by atoms with E-state index < -0.39 is 15.8 Å². The van der Waals surface area contributed by atoms with Crippen LogP contribution in [0.25, 0.3) is 11.5 Å². The first-order valence-corrected chi connectivity index (χ1v) is 12.7. The fourth-order valence-corrected chi connectivity index (χ4v) is 5.41. The number of nitrogens with zero attached hydrogens (tertiary/aromatic N) is 4. The van der Waals surface area contributed by atoms with Crippen molar-refractivity contribution >= 4 is 39.2 Å². The first kappa shape index (κ1) is 23.1. The summed E-state index contributed by atoms with van der Waals surface area (Å²) < 4.78 is 28.6. The number of carbonyl (C=O) groups excluding carboxylic acids is 1. The van der Waals surface area contributed by atoms with Gasteiger partial charge in [0.15, 0.2) is 15.7 Å². The van der Waals surface area contributed by atoms with E-state index in [9.17, 15) is 13.2 Å². The van der Waals surface area contributed by atoms with Gasteiger partial charge >= 0.3 is 6.01 Å². The fraction of sp³-hybridized carbons (Fsp3) is 0.381. The van der Waals surface area contributed by atoms with Crippen LogP contribution < -0.4 is 11.1 Å². The molecule has 3 aromatic rings. The van der Waals surface area contributed by atoms with Gasteiger partial charge in [-0.3, -0.25) is 4.79 Å². The highest BCUT2D eigenvalue weighted by Crippen LogP contribution is 2.36. The molecule has 2 aromatic heterocycles. The minimum absolute atomic E-state index is 0.0384. The van der Waals surface area contributed by atoms with Gasteiger partial charge in [0, 0.05) is 6.26 Å². The summed E-state index contributed by atoms with van der Waals surface area (Å²) in [5.41, 5.74) is 6.43. The van der Waals surface area contributed by atoms with Crippen LogP contribution in [-0.4, -0.2) is 40.7 Å². The van der Waals surface area contributed by atoms with Gasteiger partial charge in [0.05, 0.1) is 28.2 Å². The summed E-state index contributed by atoms with van der Waals surface area (Å²) in [5.74, 6) is 0.0768. The van der Waals surface area contributed by atoms with Crippen molar-refractivity contribution in [2.75, 3.05) is 17.3 Å². The van der Waals surface area contributed by atoms with Gasteiger partial charge in [0.2, 0.25) is 11.7 Å². The third-order valence-corrected chi connectivity index (χ3v) is 7.27. The molecule has 0 unspecified atom stereocenters. The first-order valence-electron chi connectivity index (χ1n) is 10.4. The Hall–Kier alpha value is -3.05. The Kier molecular flexibility index (Phi) is 6.61. The van der Waals surface area contributed by atoms with E-state index in [4.69, 9.17) is 21.9 Å². The van der Waals surface area contributed by atoms with Crippen LogP contribution >= 0.6 is 11.6 Å². The molecule has 1 aromatic carbocycles. The molecule has 1 amide bonds. The first-order chi connectivity index (χ1) is 15.7. The molecule has 4 rings (SSSR count). The van der Waals surface area contributed by atoms with Gasteiger partial charge in [0.25, 0.3) is 0 Å². The summed E-state index contributed by atoms with van der Waals surface area (Å²) in [7, 11) is -3.47. The van der Waals surface area contributed by atoms with E-state index in [-0.39, 0.29) is 33.5 Å². The number of halogens is 1. The summed E-state index contributed by atoms with van der Waals surface area (Å²) in [6, 6.07) is 4.58. The van der Waals surface area contributed by atoms with Crippen molar-refractivity contribution in [1.82, 2.24) is 20.1 Å². The predicted octanol–water partition coefficient (Wildman–Crippen LogP) is 3.47. The van der Waals surface area contributed by atoms with Crippen LogP contribution in [0.2, 0.25) is 5.02 Å². The molecule has 0 bridgehead atoms. The number of amides is 1. The molecular formula is C21H23ClN6O4S. The zero-order chi connectivity index (χ0) is 23.6. The number of nitrogens with one attached hydrogen (secondary N) is 1. The van der Waals surface area contributed by atoms with Gasteiger partial charge in [-0.05, 0) is 30.0 Å². The Morgan fingerprint density at radius 2 is 2.03 bits per heavy atom. The Morgan fingerprint density at radius 3 is 2.61 bits per heavy atom. The normalized spacial score (nSPS) is 15.5. The molecule has 174 valence electrons. The van der Waals surface area contributed by atoms with Crippen LogP contribution in [0.15, 0.2) is 40.0 Å². The summed E-state index contributed by atoms with van der Waals surface area (Å²) in [4.78, 5) is 25.6. The fourth-order valence-electron chi connectivity index (χ4n) is 4.07. The molecule has 1 aliphatic rings. The maximum Gasteiger partial charge on any atom is 0.319 e. The average molecular weight is 491 g/mol. The molecule has 3 N–H and O–H groups in total. The molecule has 2 heterocycles. The number of benzene rings is 1. The summed E-state index contributed by atoms with van der Waals surface area (Å²) in [5, 5.41) is 6.58. The van der Waals surface area contributed by atoms with E-state index in [2.05, 4.69) is 25.4 Å². The lowest BCUT2D eigenvalue weighted by Gasteiger charge is -2.21. The van der Waals surface area contributed by atoms with Crippen molar-refractivity contribution in [3.05, 3.63) is 41.2 Å². The molecule has 12 heteroatoms. The van der Waals surface area contributed by atoms with Crippen molar-refractivity contribution in [3.63, 3.8) is 0 Å². The number of carbonyl (C=O) groups is 1. The van der Waals surface area contributed by atoms with Crippen molar-refractivity contribution in [2.45, 2.75) is 42.9 Å². The molecule has 1 atom stereocenters. The molecule has 0 aliphatic heterocycles. The second-order valence-electron chi connectivity index (χ2n) is 8.13.